The van der Waals surface area contributed by atoms with Crippen molar-refractivity contribution in [3.63, 3.8) is 0 Å². The number of amides is 1. The fourth-order valence-electron chi connectivity index (χ4n) is 5.40. The summed E-state index contributed by atoms with van der Waals surface area (Å²) in [6, 6.07) is 15.8. The molecule has 0 radical (unpaired) electrons. The average Bonchev–Trinajstić information content (AvgIpc) is 2.95. The molecule has 0 aliphatic carbocycles. The van der Waals surface area contributed by atoms with Gasteiger partial charge in [0.15, 0.2) is 26.3 Å². The van der Waals surface area contributed by atoms with Gasteiger partial charge < -0.3 is 15.4 Å². The summed E-state index contributed by atoms with van der Waals surface area (Å²) >= 11 is 0. The van der Waals surface area contributed by atoms with E-state index >= 15 is 0 Å². The van der Waals surface area contributed by atoms with Crippen molar-refractivity contribution in [1.82, 2.24) is 4.90 Å². The highest BCUT2D eigenvalue weighted by Gasteiger charge is 2.24. The third-order valence-electron chi connectivity index (χ3n) is 7.80. The van der Waals surface area contributed by atoms with Gasteiger partial charge in [0.2, 0.25) is 0 Å². The predicted octanol–water partition coefficient (Wildman–Crippen LogP) is 4.33. The highest BCUT2D eigenvalue weighted by atomic mass is 32.2. The number of carbonyl (C=O) groups excluding carboxylic acids is 1. The van der Waals surface area contributed by atoms with Crippen molar-refractivity contribution in [2.24, 2.45) is 11.7 Å². The quantitative estimate of drug-likeness (QED) is 0.297. The lowest BCUT2D eigenvalue weighted by molar-refractivity contribution is -0.119. The number of nitrogens with two attached hydrogens (primary N) is 1. The van der Waals surface area contributed by atoms with Gasteiger partial charge in [-0.05, 0) is 111 Å². The third-order valence-corrected chi connectivity index (χ3v) is 10.7. The molecule has 1 unspecified atom stereocenters. The fraction of sp³-hybridized carbons (Fsp3) is 0.387. The van der Waals surface area contributed by atoms with Gasteiger partial charge in [0.25, 0.3) is 5.91 Å². The minimum atomic E-state index is -3.48. The first-order valence-electron chi connectivity index (χ1n) is 14.0. The molecule has 1 atom stereocenters. The Morgan fingerprint density at radius 3 is 2.05 bits per heavy atom. The third kappa shape index (κ3) is 9.32. The van der Waals surface area contributed by atoms with Gasteiger partial charge in [-0.15, -0.1) is 0 Å². The molecule has 3 aromatic rings. The highest BCUT2D eigenvalue weighted by Crippen LogP contribution is 2.32. The zero-order valence-corrected chi connectivity index (χ0v) is 25.5. The predicted molar refractivity (Wildman–Crippen MR) is 159 cm³/mol. The number of likely N-dealkylation sites (tertiary alicyclic amines) is 1. The van der Waals surface area contributed by atoms with Crippen LogP contribution >= 0.6 is 0 Å². The summed E-state index contributed by atoms with van der Waals surface area (Å²) in [7, 11) is -6.86. The van der Waals surface area contributed by atoms with E-state index in [1.54, 1.807) is 12.1 Å². The second kappa shape index (κ2) is 14.0. The molecule has 1 amide bonds. The number of piperidine rings is 1. The maximum absolute atomic E-state index is 14.1. The van der Waals surface area contributed by atoms with Gasteiger partial charge in [-0.3, -0.25) is 4.79 Å². The van der Waals surface area contributed by atoms with Gasteiger partial charge in [0.1, 0.15) is 17.4 Å². The van der Waals surface area contributed by atoms with Crippen LogP contribution in [0.25, 0.3) is 0 Å². The zero-order chi connectivity index (χ0) is 31.2. The second-order valence-corrected chi connectivity index (χ2v) is 15.1. The second-order valence-electron chi connectivity index (χ2n) is 11.0. The number of rotatable bonds is 13. The smallest absolute Gasteiger partial charge is 0.255 e. The van der Waals surface area contributed by atoms with Crippen LogP contribution in [0.15, 0.2) is 76.5 Å². The van der Waals surface area contributed by atoms with Crippen LogP contribution < -0.4 is 10.5 Å². The van der Waals surface area contributed by atoms with Crippen LogP contribution in [0, 0.1) is 17.6 Å². The lowest BCUT2D eigenvalue weighted by Crippen LogP contribution is -2.35. The molecule has 1 fully saturated rings. The summed E-state index contributed by atoms with van der Waals surface area (Å²) < 4.78 is 83.0. The monoisotopic (exact) mass is 634 g/mol. The number of hydrogen-bond donors (Lipinski definition) is 1. The average molecular weight is 635 g/mol. The molecule has 0 bridgehead atoms. The molecular weight excluding hydrogens is 598 g/mol. The van der Waals surface area contributed by atoms with Crippen LogP contribution in [0.5, 0.6) is 5.75 Å². The normalized spacial score (nSPS) is 15.7. The topological polar surface area (TPSA) is 124 Å². The Bertz CT molecular complexity index is 1600. The van der Waals surface area contributed by atoms with E-state index in [9.17, 15) is 30.4 Å². The fourth-order valence-corrected chi connectivity index (χ4v) is 7.46. The number of nitrogens with zero attached hydrogens (tertiary/aromatic N) is 1. The molecular formula is C31H36F2N2O6S2. The van der Waals surface area contributed by atoms with E-state index < -0.39 is 37.2 Å². The molecule has 12 heteroatoms. The Hall–Kier alpha value is -3.35. The van der Waals surface area contributed by atoms with Crippen LogP contribution in [-0.4, -0.2) is 65.9 Å². The lowest BCUT2D eigenvalue weighted by Gasteiger charge is -2.33. The Morgan fingerprint density at radius 2 is 1.49 bits per heavy atom. The first kappa shape index (κ1) is 32.6. The van der Waals surface area contributed by atoms with Crippen molar-refractivity contribution >= 4 is 25.6 Å². The number of benzene rings is 3. The number of ether oxygens (including phenoxy) is 1. The number of primary amides is 1. The standard InChI is InChI=1S/C31H36F2N2O6S2/c1-42(37,38)28-6-2-23(3-7-28)30(24-18-25(32)20-26(33)19-24)12-16-35-14-10-22(11-15-35)13-17-43(39,40)29-8-4-27(5-9-29)41-21-31(34)36/h2-9,18-20,22,30H,10-17,21H2,1H3,(H2,34,36). The molecule has 43 heavy (non-hydrogen) atoms. The van der Waals surface area contributed by atoms with E-state index in [2.05, 4.69) is 4.90 Å². The van der Waals surface area contributed by atoms with Crippen LogP contribution in [-0.2, 0) is 24.5 Å². The zero-order valence-electron chi connectivity index (χ0n) is 23.9. The van der Waals surface area contributed by atoms with E-state index in [-0.39, 0.29) is 34.0 Å². The molecule has 0 spiro atoms. The van der Waals surface area contributed by atoms with Crippen molar-refractivity contribution < 1.29 is 35.1 Å². The van der Waals surface area contributed by atoms with E-state index in [0.29, 0.717) is 30.7 Å². The van der Waals surface area contributed by atoms with Crippen LogP contribution in [0.2, 0.25) is 0 Å². The minimum absolute atomic E-state index is 0.0237. The summed E-state index contributed by atoms with van der Waals surface area (Å²) in [6.07, 6.45) is 3.89. The molecule has 1 aliphatic rings. The van der Waals surface area contributed by atoms with E-state index in [0.717, 1.165) is 43.8 Å². The van der Waals surface area contributed by atoms with Gasteiger partial charge in [-0.2, -0.15) is 0 Å². The van der Waals surface area contributed by atoms with Gasteiger partial charge in [0, 0.05) is 18.2 Å². The van der Waals surface area contributed by atoms with E-state index in [4.69, 9.17) is 10.5 Å². The van der Waals surface area contributed by atoms with Crippen LogP contribution in [0.4, 0.5) is 8.78 Å². The van der Waals surface area contributed by atoms with Crippen molar-refractivity contribution in [3.8, 4) is 5.75 Å². The Kier molecular flexibility index (Phi) is 10.6. The Morgan fingerprint density at radius 1 is 0.907 bits per heavy atom. The largest absolute Gasteiger partial charge is 0.484 e. The van der Waals surface area contributed by atoms with Crippen LogP contribution in [0.3, 0.4) is 0 Å². The first-order chi connectivity index (χ1) is 20.3. The van der Waals surface area contributed by atoms with E-state index in [1.807, 2.05) is 0 Å². The molecule has 1 saturated heterocycles. The lowest BCUT2D eigenvalue weighted by atomic mass is 9.87. The molecule has 4 rings (SSSR count). The van der Waals surface area contributed by atoms with Crippen molar-refractivity contribution in [2.75, 3.05) is 38.2 Å². The number of sulfone groups is 2. The summed E-state index contributed by atoms with van der Waals surface area (Å²) in [4.78, 5) is 13.5. The maximum atomic E-state index is 14.1. The molecule has 1 aliphatic heterocycles. The summed E-state index contributed by atoms with van der Waals surface area (Å²) in [6.45, 7) is 1.92. The SMILES string of the molecule is CS(=O)(=O)c1ccc(C(CCN2CCC(CCS(=O)(=O)c3ccc(OCC(N)=O)cc3)CC2)c2cc(F)cc(F)c2)cc1. The first-order valence-corrected chi connectivity index (χ1v) is 17.6. The molecule has 0 aromatic heterocycles. The van der Waals surface area contributed by atoms with Gasteiger partial charge in [-0.1, -0.05) is 12.1 Å². The summed E-state index contributed by atoms with van der Waals surface area (Å²) in [5, 5.41) is 0. The Balaban J connectivity index is 1.33. The number of carbonyl (C=O) groups is 1. The molecule has 0 saturated carbocycles. The molecule has 2 N–H and O–H groups in total. The van der Waals surface area contributed by atoms with Crippen molar-refractivity contribution in [2.45, 2.75) is 41.4 Å². The highest BCUT2D eigenvalue weighted by molar-refractivity contribution is 7.91. The summed E-state index contributed by atoms with van der Waals surface area (Å²) in [5.74, 6) is -1.66. The molecule has 232 valence electrons. The van der Waals surface area contributed by atoms with Gasteiger partial charge in [0.05, 0.1) is 15.5 Å². The molecule has 3 aromatic carbocycles. The van der Waals surface area contributed by atoms with Gasteiger partial charge >= 0.3 is 0 Å². The van der Waals surface area contributed by atoms with Crippen LogP contribution in [0.1, 0.15) is 42.7 Å². The van der Waals surface area contributed by atoms with Crippen molar-refractivity contribution in [3.05, 3.63) is 89.5 Å². The van der Waals surface area contributed by atoms with Gasteiger partial charge in [-0.25, -0.2) is 25.6 Å². The van der Waals surface area contributed by atoms with E-state index in [1.165, 1.54) is 48.5 Å². The van der Waals surface area contributed by atoms with Crippen molar-refractivity contribution in [1.29, 1.82) is 0 Å². The number of halogens is 2. The molecule has 8 nitrogen and oxygen atoms in total. The Labute approximate surface area is 251 Å². The maximum Gasteiger partial charge on any atom is 0.255 e. The number of hydrogen-bond acceptors (Lipinski definition) is 7. The molecule has 1 heterocycles. The summed E-state index contributed by atoms with van der Waals surface area (Å²) in [5.41, 5.74) is 6.31. The minimum Gasteiger partial charge on any atom is -0.484 e.